The Kier molecular flexibility index (Phi) is 12.0. The van der Waals surface area contributed by atoms with Gasteiger partial charge in [-0.1, -0.05) is 44.2 Å². The Morgan fingerprint density at radius 1 is 1.08 bits per heavy atom. The number of hydrogen-bond acceptors (Lipinski definition) is 7. The fourth-order valence-electron chi connectivity index (χ4n) is 3.52. The first-order valence-corrected chi connectivity index (χ1v) is 15.2. The van der Waals surface area contributed by atoms with Crippen molar-refractivity contribution in [2.75, 3.05) is 27.8 Å². The highest BCUT2D eigenvalue weighted by Gasteiger charge is 2.45. The highest BCUT2D eigenvalue weighted by atomic mass is 28.4. The molecular weight excluding hydrogens is 478 g/mol. The fourth-order valence-corrected chi connectivity index (χ4v) is 5.46. The van der Waals surface area contributed by atoms with Gasteiger partial charge in [-0.15, -0.1) is 0 Å². The lowest BCUT2D eigenvalue weighted by Gasteiger charge is -2.43. The van der Waals surface area contributed by atoms with Crippen LogP contribution in [0.3, 0.4) is 0 Å². The van der Waals surface area contributed by atoms with Crippen LogP contribution in [0, 0.1) is 0 Å². The van der Waals surface area contributed by atoms with Crippen LogP contribution in [-0.4, -0.2) is 77.2 Å². The standard InChI is InChI=1S/C26H47N3O6Si/c1-25(2,3)34-23(31)28-20(18-19-14-12-11-13-15-19)21(22(27)30)35-36(9,10)26(4,5)16-17-33-24(32-8)29(6)7/h11-15,20-21,24H,16-18H2,1-10H3,(H2,27,30)(H,28,31). The molecule has 0 aliphatic heterocycles. The van der Waals surface area contributed by atoms with E-state index in [1.165, 1.54) is 0 Å². The van der Waals surface area contributed by atoms with Gasteiger partial charge in [0, 0.05) is 7.11 Å². The molecule has 0 bridgehead atoms. The lowest BCUT2D eigenvalue weighted by Crippen LogP contribution is -2.58. The first kappa shape index (κ1) is 32.0. The van der Waals surface area contributed by atoms with Gasteiger partial charge in [-0.3, -0.25) is 9.69 Å². The number of alkyl carbamates (subject to hydrolysis) is 1. The van der Waals surface area contributed by atoms with Crippen molar-refractivity contribution in [3.05, 3.63) is 35.9 Å². The number of hydrogen-bond donors (Lipinski definition) is 2. The molecule has 3 N–H and O–H groups in total. The third kappa shape index (κ3) is 10.6. The fraction of sp³-hybridized carbons (Fsp3) is 0.692. The predicted octanol–water partition coefficient (Wildman–Crippen LogP) is 3.88. The molecule has 0 aliphatic carbocycles. The molecule has 3 atom stereocenters. The maximum atomic E-state index is 12.7. The van der Waals surface area contributed by atoms with Crippen LogP contribution in [0.4, 0.5) is 4.79 Å². The van der Waals surface area contributed by atoms with E-state index in [1.807, 2.05) is 49.3 Å². The Bertz CT molecular complexity index is 827. The number of ether oxygens (including phenoxy) is 3. The molecule has 0 aromatic heterocycles. The minimum Gasteiger partial charge on any atom is -0.444 e. The second-order valence-corrected chi connectivity index (χ2v) is 16.0. The summed E-state index contributed by atoms with van der Waals surface area (Å²) in [6.07, 6.45) is -1.06. The van der Waals surface area contributed by atoms with Gasteiger partial charge in [0.05, 0.1) is 12.6 Å². The number of carbonyl (C=O) groups is 2. The van der Waals surface area contributed by atoms with Crippen molar-refractivity contribution in [1.29, 1.82) is 0 Å². The summed E-state index contributed by atoms with van der Waals surface area (Å²) in [5, 5.41) is 2.56. The van der Waals surface area contributed by atoms with E-state index in [0.717, 1.165) is 5.56 Å². The number of nitrogens with zero attached hydrogens (tertiary/aromatic N) is 1. The monoisotopic (exact) mass is 525 g/mol. The summed E-state index contributed by atoms with van der Waals surface area (Å²) < 4.78 is 23.2. The number of benzene rings is 1. The molecular formula is C26H47N3O6Si. The van der Waals surface area contributed by atoms with Crippen molar-refractivity contribution >= 4 is 20.3 Å². The maximum absolute atomic E-state index is 12.7. The van der Waals surface area contributed by atoms with Crippen LogP contribution >= 0.6 is 0 Å². The molecule has 0 saturated heterocycles. The maximum Gasteiger partial charge on any atom is 0.407 e. The summed E-state index contributed by atoms with van der Waals surface area (Å²) in [5.74, 6) is -0.633. The van der Waals surface area contributed by atoms with Crippen molar-refractivity contribution < 1.29 is 28.2 Å². The molecule has 3 unspecified atom stereocenters. The molecule has 0 heterocycles. The average molecular weight is 526 g/mol. The van der Waals surface area contributed by atoms with E-state index in [9.17, 15) is 9.59 Å². The molecule has 10 heteroatoms. The van der Waals surface area contributed by atoms with Crippen molar-refractivity contribution in [3.8, 4) is 0 Å². The molecule has 0 radical (unpaired) electrons. The molecule has 1 rings (SSSR count). The number of rotatable bonds is 14. The zero-order chi connectivity index (χ0) is 27.7. The van der Waals surface area contributed by atoms with Gasteiger partial charge in [0.15, 0.2) is 8.32 Å². The van der Waals surface area contributed by atoms with Crippen molar-refractivity contribution in [2.24, 2.45) is 5.73 Å². The smallest absolute Gasteiger partial charge is 0.407 e. The van der Waals surface area contributed by atoms with E-state index >= 15 is 0 Å². The molecule has 0 aliphatic rings. The van der Waals surface area contributed by atoms with Gasteiger partial charge in [-0.25, -0.2) is 4.79 Å². The van der Waals surface area contributed by atoms with Gasteiger partial charge in [0.25, 0.3) is 0 Å². The molecule has 0 saturated carbocycles. The van der Waals surface area contributed by atoms with Gasteiger partial charge < -0.3 is 29.7 Å². The normalized spacial score (nSPS) is 15.3. The second kappa shape index (κ2) is 13.5. The van der Waals surface area contributed by atoms with Crippen molar-refractivity contribution in [1.82, 2.24) is 10.2 Å². The number of carbonyl (C=O) groups excluding carboxylic acids is 2. The SMILES string of the molecule is COC(OCCC(C)(C)[Si](C)(C)OC(C(N)=O)C(Cc1ccccc1)NC(=O)OC(C)(C)C)N(C)C. The largest absolute Gasteiger partial charge is 0.444 e. The number of nitrogens with one attached hydrogen (secondary N) is 1. The van der Waals surface area contributed by atoms with Gasteiger partial charge >= 0.3 is 6.09 Å². The van der Waals surface area contributed by atoms with Crippen LogP contribution < -0.4 is 11.1 Å². The molecule has 9 nitrogen and oxygen atoms in total. The summed E-state index contributed by atoms with van der Waals surface area (Å²) in [7, 11) is 2.78. The predicted molar refractivity (Wildman–Crippen MR) is 144 cm³/mol. The molecule has 206 valence electrons. The zero-order valence-electron chi connectivity index (χ0n) is 23.7. The van der Waals surface area contributed by atoms with Gasteiger partial charge in [-0.2, -0.15) is 0 Å². The summed E-state index contributed by atoms with van der Waals surface area (Å²) in [5.41, 5.74) is 6.11. The first-order valence-electron chi connectivity index (χ1n) is 12.3. The van der Waals surface area contributed by atoms with Gasteiger partial charge in [-0.05, 0) is 71.4 Å². The van der Waals surface area contributed by atoms with Crippen LogP contribution in [0.2, 0.25) is 18.1 Å². The summed E-state index contributed by atoms with van der Waals surface area (Å²) in [6, 6.07) is 8.88. The minimum absolute atomic E-state index is 0.283. The van der Waals surface area contributed by atoms with Crippen molar-refractivity contribution in [3.63, 3.8) is 0 Å². The van der Waals surface area contributed by atoms with Crippen LogP contribution in [0.25, 0.3) is 0 Å². The Morgan fingerprint density at radius 2 is 1.67 bits per heavy atom. The molecule has 1 aromatic carbocycles. The number of amides is 2. The number of primary amides is 1. The number of nitrogens with two attached hydrogens (primary N) is 1. The molecule has 0 spiro atoms. The number of methoxy groups -OCH3 is 1. The van der Waals surface area contributed by atoms with Crippen LogP contribution in [0.15, 0.2) is 30.3 Å². The summed E-state index contributed by atoms with van der Waals surface area (Å²) in [4.78, 5) is 27.2. The second-order valence-electron chi connectivity index (χ2n) is 11.4. The Morgan fingerprint density at radius 3 is 2.14 bits per heavy atom. The molecule has 36 heavy (non-hydrogen) atoms. The Balaban J connectivity index is 3.12. The van der Waals surface area contributed by atoms with E-state index in [-0.39, 0.29) is 5.04 Å². The van der Waals surface area contributed by atoms with Crippen LogP contribution in [-0.2, 0) is 29.9 Å². The highest BCUT2D eigenvalue weighted by molar-refractivity contribution is 6.74. The van der Waals surface area contributed by atoms with Gasteiger partial charge in [0.2, 0.25) is 12.3 Å². The molecule has 0 fully saturated rings. The van der Waals surface area contributed by atoms with Crippen molar-refractivity contribution in [2.45, 2.75) is 89.8 Å². The quantitative estimate of drug-likeness (QED) is 0.280. The highest BCUT2D eigenvalue weighted by Crippen LogP contribution is 2.42. The van der Waals surface area contributed by atoms with E-state index in [1.54, 1.807) is 27.9 Å². The van der Waals surface area contributed by atoms with E-state index in [2.05, 4.69) is 32.3 Å². The molecule has 2 amide bonds. The van der Waals surface area contributed by atoms with E-state index < -0.39 is 44.5 Å². The lowest BCUT2D eigenvalue weighted by atomic mass is 10.0. The average Bonchev–Trinajstić information content (AvgIpc) is 2.73. The molecule has 1 aromatic rings. The Hall–Kier alpha value is -1.98. The van der Waals surface area contributed by atoms with Crippen LogP contribution in [0.1, 0.15) is 46.6 Å². The van der Waals surface area contributed by atoms with Gasteiger partial charge in [0.1, 0.15) is 11.7 Å². The first-order chi connectivity index (χ1) is 16.5. The summed E-state index contributed by atoms with van der Waals surface area (Å²) in [6.45, 7) is 14.1. The zero-order valence-corrected chi connectivity index (χ0v) is 24.7. The Labute approximate surface area is 218 Å². The topological polar surface area (TPSA) is 112 Å². The minimum atomic E-state index is -2.57. The third-order valence-corrected chi connectivity index (χ3v) is 10.7. The van der Waals surface area contributed by atoms with Crippen LogP contribution in [0.5, 0.6) is 0 Å². The lowest BCUT2D eigenvalue weighted by molar-refractivity contribution is -0.197. The summed E-state index contributed by atoms with van der Waals surface area (Å²) >= 11 is 0. The van der Waals surface area contributed by atoms with E-state index in [4.69, 9.17) is 24.4 Å². The van der Waals surface area contributed by atoms with E-state index in [0.29, 0.717) is 19.4 Å². The third-order valence-electron chi connectivity index (χ3n) is 6.31.